The van der Waals surface area contributed by atoms with Crippen molar-refractivity contribution in [3.8, 4) is 0 Å². The van der Waals surface area contributed by atoms with E-state index in [9.17, 15) is 34.2 Å². The Balaban J connectivity index is 2.24. The molecule has 2 N–H and O–H groups in total. The van der Waals surface area contributed by atoms with Crippen LogP contribution in [0, 0.1) is 16.7 Å². The Bertz CT molecular complexity index is 1370. The van der Waals surface area contributed by atoms with Crippen molar-refractivity contribution in [2.24, 2.45) is 16.7 Å². The fourth-order valence-electron chi connectivity index (χ4n) is 8.54. The summed E-state index contributed by atoms with van der Waals surface area (Å²) >= 11 is 0. The number of carbonyl (C=O) groups excluding carboxylic acids is 5. The van der Waals surface area contributed by atoms with Gasteiger partial charge in [-0.3, -0.25) is 19.2 Å². The molecule has 0 radical (unpaired) electrons. The molecule has 3 fully saturated rings. The molecule has 0 amide bonds. The largest absolute Gasteiger partial charge is 0.462 e. The summed E-state index contributed by atoms with van der Waals surface area (Å²) in [5.74, 6) is -4.88. The lowest BCUT2D eigenvalue weighted by atomic mass is 9.49. The molecular formula is C33H46O13. The van der Waals surface area contributed by atoms with Gasteiger partial charge in [0, 0.05) is 39.7 Å². The summed E-state index contributed by atoms with van der Waals surface area (Å²) in [4.78, 5) is 65.1. The van der Waals surface area contributed by atoms with Crippen molar-refractivity contribution in [3.05, 3.63) is 22.8 Å². The SMILES string of the molecule is C/C=C(\C)C(=O)O[C@@H]1C2=C(C)[C@@H](O)C[C@@]2(C(C)(C)O)C(OC(C)=O)C2[C@@](C)([C@@H](OC(C)=O)C[C@H]3OC[C@@]23OC(C)=O)[C@H]1OC(C)=O. The van der Waals surface area contributed by atoms with E-state index in [1.54, 1.807) is 20.8 Å². The number of allylic oxidation sites excluding steroid dienone is 1. The number of rotatable bonds is 7. The van der Waals surface area contributed by atoms with Crippen LogP contribution in [-0.4, -0.2) is 94.5 Å². The van der Waals surface area contributed by atoms with Gasteiger partial charge in [-0.15, -0.1) is 0 Å². The molecule has 4 aliphatic rings. The van der Waals surface area contributed by atoms with Gasteiger partial charge in [-0.25, -0.2) is 4.79 Å². The Labute approximate surface area is 268 Å². The smallest absolute Gasteiger partial charge is 0.334 e. The van der Waals surface area contributed by atoms with Crippen LogP contribution >= 0.6 is 0 Å². The van der Waals surface area contributed by atoms with E-state index in [1.807, 2.05) is 0 Å². The third-order valence-corrected chi connectivity index (χ3v) is 10.6. The number of ether oxygens (including phenoxy) is 6. The molecule has 0 spiro atoms. The van der Waals surface area contributed by atoms with Crippen molar-refractivity contribution in [1.29, 1.82) is 0 Å². The van der Waals surface area contributed by atoms with Crippen LogP contribution in [0.2, 0.25) is 0 Å². The van der Waals surface area contributed by atoms with Gasteiger partial charge in [-0.2, -0.15) is 0 Å². The van der Waals surface area contributed by atoms with Gasteiger partial charge in [-0.1, -0.05) is 13.0 Å². The molecule has 256 valence electrons. The van der Waals surface area contributed by atoms with E-state index in [1.165, 1.54) is 47.6 Å². The molecule has 0 bridgehead atoms. The summed E-state index contributed by atoms with van der Waals surface area (Å²) in [6.45, 7) is 14.0. The number of fused-ring (bicyclic) bond motifs is 4. The molecule has 4 rings (SSSR count). The van der Waals surface area contributed by atoms with Crippen LogP contribution in [0.4, 0.5) is 0 Å². The second kappa shape index (κ2) is 12.1. The maximum atomic E-state index is 13.6. The van der Waals surface area contributed by atoms with Gasteiger partial charge in [-0.05, 0) is 52.2 Å². The zero-order valence-electron chi connectivity index (χ0n) is 28.1. The molecule has 13 heteroatoms. The number of hydrogen-bond acceptors (Lipinski definition) is 13. The summed E-state index contributed by atoms with van der Waals surface area (Å²) < 4.78 is 36.5. The summed E-state index contributed by atoms with van der Waals surface area (Å²) in [5, 5.41) is 23.7. The van der Waals surface area contributed by atoms with Gasteiger partial charge in [0.15, 0.2) is 17.8 Å². The van der Waals surface area contributed by atoms with Crippen molar-refractivity contribution in [2.75, 3.05) is 6.61 Å². The number of esters is 5. The van der Waals surface area contributed by atoms with Crippen molar-refractivity contribution >= 4 is 29.8 Å². The molecule has 0 aromatic rings. The van der Waals surface area contributed by atoms with Gasteiger partial charge < -0.3 is 38.6 Å². The highest BCUT2D eigenvalue weighted by molar-refractivity contribution is 5.88. The van der Waals surface area contributed by atoms with Crippen LogP contribution < -0.4 is 0 Å². The summed E-state index contributed by atoms with van der Waals surface area (Å²) in [6, 6.07) is 0. The average molecular weight is 651 g/mol. The fourth-order valence-corrected chi connectivity index (χ4v) is 8.54. The lowest BCUT2D eigenvalue weighted by molar-refractivity contribution is -0.353. The van der Waals surface area contributed by atoms with Crippen LogP contribution in [0.25, 0.3) is 0 Å². The molecule has 1 aliphatic heterocycles. The topological polar surface area (TPSA) is 181 Å². The molecule has 1 saturated heterocycles. The highest BCUT2D eigenvalue weighted by Crippen LogP contribution is 2.68. The number of carbonyl (C=O) groups is 5. The van der Waals surface area contributed by atoms with Gasteiger partial charge in [0.05, 0.1) is 35.1 Å². The van der Waals surface area contributed by atoms with Gasteiger partial charge in [0.1, 0.15) is 18.3 Å². The van der Waals surface area contributed by atoms with E-state index >= 15 is 0 Å². The first-order valence-corrected chi connectivity index (χ1v) is 15.5. The molecule has 1 heterocycles. The highest BCUT2D eigenvalue weighted by Gasteiger charge is 2.80. The third-order valence-electron chi connectivity index (χ3n) is 10.6. The van der Waals surface area contributed by atoms with Gasteiger partial charge in [0.25, 0.3) is 0 Å². The van der Waals surface area contributed by atoms with E-state index in [-0.39, 0.29) is 30.6 Å². The Hall–Kier alpha value is -3.29. The Morgan fingerprint density at radius 2 is 1.48 bits per heavy atom. The Morgan fingerprint density at radius 1 is 0.913 bits per heavy atom. The van der Waals surface area contributed by atoms with Crippen LogP contribution in [0.15, 0.2) is 22.8 Å². The average Bonchev–Trinajstić information content (AvgIpc) is 3.16. The first-order valence-electron chi connectivity index (χ1n) is 15.5. The first kappa shape index (κ1) is 35.6. The van der Waals surface area contributed by atoms with Crippen LogP contribution in [0.3, 0.4) is 0 Å². The third kappa shape index (κ3) is 5.33. The normalized spacial score (nSPS) is 38.6. The zero-order chi connectivity index (χ0) is 34.7. The van der Waals surface area contributed by atoms with Crippen molar-refractivity contribution < 1.29 is 62.6 Å². The number of aliphatic hydroxyl groups is 2. The highest BCUT2D eigenvalue weighted by atomic mass is 16.6. The number of hydrogen-bond donors (Lipinski definition) is 2. The van der Waals surface area contributed by atoms with Crippen molar-refractivity contribution in [2.45, 2.75) is 130 Å². The van der Waals surface area contributed by atoms with E-state index in [0.717, 1.165) is 6.92 Å². The molecule has 13 nitrogen and oxygen atoms in total. The summed E-state index contributed by atoms with van der Waals surface area (Å²) in [6.07, 6.45) is -6.28. The van der Waals surface area contributed by atoms with Gasteiger partial charge >= 0.3 is 29.8 Å². The molecule has 2 saturated carbocycles. The lowest BCUT2D eigenvalue weighted by Crippen LogP contribution is -2.79. The molecule has 3 aliphatic carbocycles. The minimum Gasteiger partial charge on any atom is -0.462 e. The van der Waals surface area contributed by atoms with Crippen LogP contribution in [-0.2, 0) is 52.4 Å². The summed E-state index contributed by atoms with van der Waals surface area (Å²) in [5.41, 5.74) is -5.99. The maximum absolute atomic E-state index is 13.6. The van der Waals surface area contributed by atoms with Crippen LogP contribution in [0.1, 0.15) is 82.1 Å². The molecule has 0 aromatic carbocycles. The van der Waals surface area contributed by atoms with Crippen LogP contribution in [0.5, 0.6) is 0 Å². The first-order chi connectivity index (χ1) is 21.2. The van der Waals surface area contributed by atoms with Gasteiger partial charge in [0.2, 0.25) is 0 Å². The van der Waals surface area contributed by atoms with Crippen molar-refractivity contribution in [1.82, 2.24) is 0 Å². The quantitative estimate of drug-likeness (QED) is 0.177. The number of aliphatic hydroxyl groups excluding tert-OH is 1. The Kier molecular flexibility index (Phi) is 9.32. The van der Waals surface area contributed by atoms with E-state index in [2.05, 4.69) is 0 Å². The standard InChI is InChI=1S/C33H46O13/c1-11-15(2)29(39)45-25-24-16(3)21(38)13-32(24,30(8,9)40)28(44-19(6)36)26-31(10,27(25)43-18(5)35)22(42-17(4)34)12-23-33(26,14-41-23)46-20(7)37/h11,21-23,25-28,38,40H,12-14H2,1-10H3/b15-11+/t21-,22-,23+,25+,26?,27-,28?,31+,32-,33-/m0/s1. The minimum absolute atomic E-state index is 0.0187. The molecule has 2 unspecified atom stereocenters. The second-order valence-electron chi connectivity index (χ2n) is 13.7. The lowest BCUT2D eigenvalue weighted by Gasteiger charge is -2.65. The second-order valence-corrected chi connectivity index (χ2v) is 13.7. The van der Waals surface area contributed by atoms with E-state index in [4.69, 9.17) is 28.4 Å². The summed E-state index contributed by atoms with van der Waals surface area (Å²) in [7, 11) is 0. The monoisotopic (exact) mass is 650 g/mol. The predicted octanol–water partition coefficient (Wildman–Crippen LogP) is 2.24. The minimum atomic E-state index is -1.82. The maximum Gasteiger partial charge on any atom is 0.334 e. The molecular weight excluding hydrogens is 604 g/mol. The van der Waals surface area contributed by atoms with E-state index < -0.39 is 94.4 Å². The molecule has 10 atom stereocenters. The predicted molar refractivity (Wildman–Crippen MR) is 158 cm³/mol. The van der Waals surface area contributed by atoms with Crippen molar-refractivity contribution in [3.63, 3.8) is 0 Å². The molecule has 0 aromatic heterocycles. The fraction of sp³-hybridized carbons (Fsp3) is 0.727. The Morgan fingerprint density at radius 3 is 1.93 bits per heavy atom. The zero-order valence-corrected chi connectivity index (χ0v) is 28.1. The molecule has 46 heavy (non-hydrogen) atoms. The van der Waals surface area contributed by atoms with E-state index in [0.29, 0.717) is 5.57 Å².